The van der Waals surface area contributed by atoms with Crippen LogP contribution in [0.25, 0.3) is 0 Å². The maximum Gasteiger partial charge on any atom is 0.223 e. The van der Waals surface area contributed by atoms with Crippen LogP contribution in [0.4, 0.5) is 0 Å². The van der Waals surface area contributed by atoms with Crippen LogP contribution < -0.4 is 0 Å². The average molecular weight is 710 g/mol. The zero-order chi connectivity index (χ0) is 30.2. The number of hydrogen-bond acceptors (Lipinski definition) is 5. The highest BCUT2D eigenvalue weighted by molar-refractivity contribution is 14.1. The summed E-state index contributed by atoms with van der Waals surface area (Å²) in [7, 11) is 0. The summed E-state index contributed by atoms with van der Waals surface area (Å²) in [6.45, 7) is 14.3. The molecule has 242 valence electrons. The van der Waals surface area contributed by atoms with Gasteiger partial charge in [0.2, 0.25) is 5.91 Å². The molecule has 7 heteroatoms. The molecule has 6 saturated carbocycles. The Balaban J connectivity index is 1.01. The van der Waals surface area contributed by atoms with E-state index in [2.05, 4.69) is 57.2 Å². The normalized spacial score (nSPS) is 55.0. The van der Waals surface area contributed by atoms with Gasteiger partial charge in [0, 0.05) is 22.8 Å². The quantitative estimate of drug-likeness (QED) is 0.258. The van der Waals surface area contributed by atoms with E-state index >= 15 is 0 Å². The molecule has 2 aliphatic heterocycles. The van der Waals surface area contributed by atoms with Crippen molar-refractivity contribution in [3.8, 4) is 0 Å². The maximum absolute atomic E-state index is 12.9. The zero-order valence-corrected chi connectivity index (χ0v) is 29.4. The Morgan fingerprint density at radius 2 is 1.77 bits per heavy atom. The maximum atomic E-state index is 12.9. The van der Waals surface area contributed by atoms with Gasteiger partial charge in [-0.1, -0.05) is 57.2 Å². The molecule has 0 aromatic heterocycles. The van der Waals surface area contributed by atoms with Crippen molar-refractivity contribution in [3.05, 3.63) is 0 Å². The van der Waals surface area contributed by atoms with Crippen molar-refractivity contribution in [1.29, 1.82) is 0 Å². The number of nitrogens with zero attached hydrogens (tertiary/aromatic N) is 1. The van der Waals surface area contributed by atoms with Crippen molar-refractivity contribution < 1.29 is 24.1 Å². The second-order valence-corrected chi connectivity index (χ2v) is 18.6. The molecule has 7 unspecified atom stereocenters. The summed E-state index contributed by atoms with van der Waals surface area (Å²) in [5.41, 5.74) is 0.850. The molecule has 0 bridgehead atoms. The topological polar surface area (TPSA) is 68.2 Å². The smallest absolute Gasteiger partial charge is 0.223 e. The minimum atomic E-state index is -0.367. The molecule has 8 aliphatic rings. The summed E-state index contributed by atoms with van der Waals surface area (Å²) < 4.78 is 20.7. The largest absolute Gasteiger partial charge is 0.390 e. The minimum Gasteiger partial charge on any atom is -0.390 e. The first kappa shape index (κ1) is 30.4. The fourth-order valence-corrected chi connectivity index (χ4v) is 14.1. The number of carbonyl (C=O) groups is 1. The van der Waals surface area contributed by atoms with Gasteiger partial charge in [0.25, 0.3) is 0 Å². The van der Waals surface area contributed by atoms with Crippen molar-refractivity contribution in [1.82, 2.24) is 4.90 Å². The van der Waals surface area contributed by atoms with Crippen LogP contribution in [0.15, 0.2) is 0 Å². The Labute approximate surface area is 273 Å². The molecule has 8 rings (SSSR count). The number of aliphatic hydroxyl groups is 1. The first-order chi connectivity index (χ1) is 20.4. The number of carbonyl (C=O) groups excluding carboxylic acids is 1. The molecular weight excluding hydrogens is 653 g/mol. The summed E-state index contributed by atoms with van der Waals surface area (Å²) in [6, 6.07) is 0. The van der Waals surface area contributed by atoms with E-state index in [9.17, 15) is 9.90 Å². The first-order valence-corrected chi connectivity index (χ1v) is 19.4. The third-order valence-electron chi connectivity index (χ3n) is 15.8. The van der Waals surface area contributed by atoms with Crippen molar-refractivity contribution >= 4 is 28.5 Å². The average Bonchev–Trinajstić information content (AvgIpc) is 3.90. The molecule has 2 spiro atoms. The van der Waals surface area contributed by atoms with Gasteiger partial charge in [-0.05, 0) is 115 Å². The number of rotatable bonds is 5. The van der Waals surface area contributed by atoms with Gasteiger partial charge in [-0.15, -0.1) is 0 Å². The lowest BCUT2D eigenvalue weighted by molar-refractivity contribution is -0.248. The van der Waals surface area contributed by atoms with Gasteiger partial charge in [-0.25, -0.2) is 0 Å². The monoisotopic (exact) mass is 709 g/mol. The number of halogens is 1. The molecule has 6 aliphatic carbocycles. The van der Waals surface area contributed by atoms with Crippen LogP contribution in [0.5, 0.6) is 0 Å². The fraction of sp³-hybridized carbons (Fsp3) is 0.972. The van der Waals surface area contributed by atoms with Crippen LogP contribution in [0.2, 0.25) is 0 Å². The van der Waals surface area contributed by atoms with Crippen molar-refractivity contribution in [3.63, 3.8) is 0 Å². The van der Waals surface area contributed by atoms with E-state index in [1.54, 1.807) is 0 Å². The van der Waals surface area contributed by atoms with E-state index in [-0.39, 0.29) is 52.9 Å². The Morgan fingerprint density at radius 3 is 2.51 bits per heavy atom. The highest BCUT2D eigenvalue weighted by Gasteiger charge is 2.84. The van der Waals surface area contributed by atoms with E-state index < -0.39 is 0 Å². The number of morpholine rings is 1. The number of ether oxygens (including phenoxy) is 3. The molecule has 0 radical (unpaired) electrons. The summed E-state index contributed by atoms with van der Waals surface area (Å²) in [5.74, 6) is 3.18. The van der Waals surface area contributed by atoms with E-state index in [0.29, 0.717) is 66.5 Å². The highest BCUT2D eigenvalue weighted by Crippen LogP contribution is 2.89. The SMILES string of the molecule is C[C@@H]1CC(CI)OC2[C@H]1C1(C)CCC34CC35CCC(O[C@H]3CN(C(=O)CC6CC6)CCO3)C(C)(C)[C@@H]5CCC4[C@]1(C)[C@H]2O. The van der Waals surface area contributed by atoms with Gasteiger partial charge < -0.3 is 24.2 Å². The van der Waals surface area contributed by atoms with Crippen LogP contribution in [-0.2, 0) is 19.0 Å². The van der Waals surface area contributed by atoms with Gasteiger partial charge in [-0.3, -0.25) is 4.79 Å². The molecular formula is C36H56INO5. The molecule has 0 aromatic rings. The lowest BCUT2D eigenvalue weighted by Gasteiger charge is -2.64. The lowest BCUT2D eigenvalue weighted by atomic mass is 9.41. The van der Waals surface area contributed by atoms with Gasteiger partial charge in [0.1, 0.15) is 0 Å². The molecule has 13 atom stereocenters. The second kappa shape index (κ2) is 10.0. The van der Waals surface area contributed by atoms with Gasteiger partial charge in [0.05, 0.1) is 37.6 Å². The Hall–Kier alpha value is 0.0400. The van der Waals surface area contributed by atoms with Crippen LogP contribution in [-0.4, -0.2) is 70.7 Å². The van der Waals surface area contributed by atoms with Crippen molar-refractivity contribution in [2.75, 3.05) is 24.1 Å². The van der Waals surface area contributed by atoms with E-state index in [0.717, 1.165) is 17.3 Å². The van der Waals surface area contributed by atoms with Gasteiger partial charge in [-0.2, -0.15) is 0 Å². The number of aliphatic hydroxyl groups excluding tert-OH is 1. The number of fused-ring (bicyclic) bond motifs is 4. The zero-order valence-electron chi connectivity index (χ0n) is 27.3. The van der Waals surface area contributed by atoms with E-state index in [1.807, 2.05) is 4.90 Å². The number of alkyl halides is 1. The summed E-state index contributed by atoms with van der Waals surface area (Å²) >= 11 is 2.47. The molecule has 2 heterocycles. The number of hydrogen-bond donors (Lipinski definition) is 1. The van der Waals surface area contributed by atoms with Crippen molar-refractivity contribution in [2.45, 2.75) is 136 Å². The summed E-state index contributed by atoms with van der Waals surface area (Å²) in [5, 5.41) is 12.3. The van der Waals surface area contributed by atoms with Crippen LogP contribution in [0, 0.1) is 56.7 Å². The molecule has 8 fully saturated rings. The second-order valence-electron chi connectivity index (χ2n) is 17.7. The first-order valence-electron chi connectivity index (χ1n) is 17.9. The Bertz CT molecular complexity index is 1140. The van der Waals surface area contributed by atoms with Gasteiger partial charge in [0.15, 0.2) is 6.29 Å². The Kier molecular flexibility index (Phi) is 7.08. The standard InChI is InChI=1S/C36H56INO5/c1-21-16-23(18-37)42-30-29(21)33(4)12-13-36-20-35(36)11-10-26(32(2,3)24(35)8-9-25(36)34(33,5)31(30)40)43-28-19-38(14-15-41-28)27(39)17-22-6-7-22/h21-26,28-31,40H,6-20H2,1-5H3/t21-,23?,24+,25?,26?,28+,29+,30?,31+,33?,34-,35?,36?/m1/s1. The third kappa shape index (κ3) is 4.05. The van der Waals surface area contributed by atoms with Crippen LogP contribution in [0.3, 0.4) is 0 Å². The predicted octanol–water partition coefficient (Wildman–Crippen LogP) is 6.61. The van der Waals surface area contributed by atoms with Crippen LogP contribution in [0.1, 0.15) is 105 Å². The lowest BCUT2D eigenvalue weighted by Crippen LogP contribution is -2.60. The molecule has 1 amide bonds. The summed E-state index contributed by atoms with van der Waals surface area (Å²) in [6.07, 6.45) is 12.7. The third-order valence-corrected chi connectivity index (χ3v) is 16.8. The molecule has 2 saturated heterocycles. The van der Waals surface area contributed by atoms with Gasteiger partial charge >= 0.3 is 0 Å². The molecule has 0 aromatic carbocycles. The highest BCUT2D eigenvalue weighted by atomic mass is 127. The minimum absolute atomic E-state index is 0.00659. The fourth-order valence-electron chi connectivity index (χ4n) is 13.5. The molecule has 43 heavy (non-hydrogen) atoms. The Morgan fingerprint density at radius 1 is 1.02 bits per heavy atom. The van der Waals surface area contributed by atoms with E-state index in [4.69, 9.17) is 14.2 Å². The van der Waals surface area contributed by atoms with Crippen molar-refractivity contribution in [2.24, 2.45) is 56.7 Å². The predicted molar refractivity (Wildman–Crippen MR) is 174 cm³/mol. The molecule has 1 N–H and O–H groups in total. The molecule has 6 nitrogen and oxygen atoms in total. The van der Waals surface area contributed by atoms with Crippen LogP contribution >= 0.6 is 22.6 Å². The summed E-state index contributed by atoms with van der Waals surface area (Å²) in [4.78, 5) is 14.9. The number of amides is 1. The van der Waals surface area contributed by atoms with E-state index in [1.165, 1.54) is 51.4 Å².